The minimum absolute atomic E-state index is 0.142. The van der Waals surface area contributed by atoms with Gasteiger partial charge in [-0.2, -0.15) is 0 Å². The lowest BCUT2D eigenvalue weighted by Gasteiger charge is -2.12. The summed E-state index contributed by atoms with van der Waals surface area (Å²) in [5.41, 5.74) is 0.658. The predicted molar refractivity (Wildman–Crippen MR) is 102 cm³/mol. The molecule has 6 nitrogen and oxygen atoms in total. The van der Waals surface area contributed by atoms with Gasteiger partial charge in [0, 0.05) is 38.6 Å². The zero-order chi connectivity index (χ0) is 18.6. The Hall–Kier alpha value is -2.83. The molecule has 0 aliphatic heterocycles. The van der Waals surface area contributed by atoms with E-state index in [1.807, 2.05) is 31.5 Å². The van der Waals surface area contributed by atoms with Gasteiger partial charge in [-0.15, -0.1) is 0 Å². The lowest BCUT2D eigenvalue weighted by atomic mass is 10.1. The van der Waals surface area contributed by atoms with E-state index in [1.54, 1.807) is 12.1 Å². The van der Waals surface area contributed by atoms with Crippen LogP contribution in [0, 0.1) is 5.82 Å². The molecule has 2 rings (SSSR count). The minimum atomic E-state index is -0.332. The molecule has 0 saturated carbocycles. The van der Waals surface area contributed by atoms with Crippen LogP contribution in [0.25, 0.3) is 0 Å². The van der Waals surface area contributed by atoms with Crippen LogP contribution in [0.15, 0.2) is 53.8 Å². The maximum Gasteiger partial charge on any atom is 0.224 e. The second kappa shape index (κ2) is 10.9. The van der Waals surface area contributed by atoms with Crippen molar-refractivity contribution in [3.05, 3.63) is 60.2 Å². The number of nitrogens with zero attached hydrogens (tertiary/aromatic N) is 2. The van der Waals surface area contributed by atoms with Crippen LogP contribution in [-0.2, 0) is 17.8 Å². The lowest BCUT2D eigenvalue weighted by molar-refractivity contribution is -0.120. The first kappa shape index (κ1) is 19.5. The Morgan fingerprint density at radius 3 is 2.65 bits per heavy atom. The zero-order valence-corrected chi connectivity index (χ0v) is 15.0. The molecule has 0 unspecified atom stereocenters. The highest BCUT2D eigenvalue weighted by Gasteiger charge is 2.03. The van der Waals surface area contributed by atoms with E-state index in [-0.39, 0.29) is 18.1 Å². The lowest BCUT2D eigenvalue weighted by Crippen LogP contribution is -2.39. The Labute approximate surface area is 153 Å². The first-order valence-electron chi connectivity index (χ1n) is 8.81. The third-order valence-corrected chi connectivity index (χ3v) is 3.63. The van der Waals surface area contributed by atoms with Gasteiger partial charge in [-0.3, -0.25) is 9.79 Å². The molecule has 140 valence electrons. The van der Waals surface area contributed by atoms with Crippen molar-refractivity contribution in [2.45, 2.75) is 19.9 Å². The van der Waals surface area contributed by atoms with E-state index in [1.165, 1.54) is 12.1 Å². The number of amides is 1. The van der Waals surface area contributed by atoms with Crippen molar-refractivity contribution in [1.82, 2.24) is 20.5 Å². The third kappa shape index (κ3) is 7.38. The molecule has 0 radical (unpaired) electrons. The molecular weight excluding hydrogens is 333 g/mol. The quantitative estimate of drug-likeness (QED) is 0.361. The second-order valence-electron chi connectivity index (χ2n) is 5.76. The second-order valence-corrected chi connectivity index (χ2v) is 5.76. The van der Waals surface area contributed by atoms with Crippen LogP contribution in [0.5, 0.6) is 0 Å². The summed E-state index contributed by atoms with van der Waals surface area (Å²) in [7, 11) is 0. The van der Waals surface area contributed by atoms with Gasteiger partial charge in [-0.25, -0.2) is 4.39 Å². The molecule has 0 spiro atoms. The average Bonchev–Trinajstić information content (AvgIpc) is 3.12. The number of rotatable bonds is 9. The molecule has 7 heteroatoms. The number of hydrogen-bond donors (Lipinski definition) is 3. The van der Waals surface area contributed by atoms with E-state index in [4.69, 9.17) is 0 Å². The van der Waals surface area contributed by atoms with Gasteiger partial charge in [-0.05, 0) is 36.8 Å². The van der Waals surface area contributed by atoms with Crippen molar-refractivity contribution in [2.75, 3.05) is 26.2 Å². The molecule has 1 amide bonds. The van der Waals surface area contributed by atoms with Crippen LogP contribution < -0.4 is 16.0 Å². The summed E-state index contributed by atoms with van der Waals surface area (Å²) in [6.07, 6.45) is 4.19. The smallest absolute Gasteiger partial charge is 0.224 e. The fraction of sp³-hybridized carbons (Fsp3) is 0.368. The molecule has 0 bridgehead atoms. The van der Waals surface area contributed by atoms with Crippen molar-refractivity contribution < 1.29 is 9.18 Å². The molecule has 1 aromatic heterocycles. The van der Waals surface area contributed by atoms with Gasteiger partial charge in [0.05, 0.1) is 13.0 Å². The fourth-order valence-electron chi connectivity index (χ4n) is 2.42. The standard InChI is InChI=1S/C19H26FN5O/c1-2-21-19(24-10-13-25-11-3-4-12-25)23-9-8-22-18(26)15-16-6-5-7-17(20)14-16/h3-7,11-12,14H,2,8-10,13,15H2,1H3,(H,22,26)(H2,21,23,24). The van der Waals surface area contributed by atoms with Crippen LogP contribution >= 0.6 is 0 Å². The summed E-state index contributed by atoms with van der Waals surface area (Å²) in [6.45, 7) is 5.27. The number of carbonyl (C=O) groups excluding carboxylic acids is 1. The van der Waals surface area contributed by atoms with Crippen molar-refractivity contribution in [3.63, 3.8) is 0 Å². The van der Waals surface area contributed by atoms with E-state index < -0.39 is 0 Å². The summed E-state index contributed by atoms with van der Waals surface area (Å²) in [4.78, 5) is 16.3. The average molecular weight is 359 g/mol. The maximum atomic E-state index is 13.1. The Balaban J connectivity index is 1.68. The van der Waals surface area contributed by atoms with Crippen molar-refractivity contribution in [2.24, 2.45) is 4.99 Å². The van der Waals surface area contributed by atoms with Crippen LogP contribution in [0.4, 0.5) is 4.39 Å². The number of guanidine groups is 1. The van der Waals surface area contributed by atoms with E-state index in [2.05, 4.69) is 25.5 Å². The summed E-state index contributed by atoms with van der Waals surface area (Å²) >= 11 is 0. The number of aromatic nitrogens is 1. The summed E-state index contributed by atoms with van der Waals surface area (Å²) in [5, 5.41) is 9.23. The summed E-state index contributed by atoms with van der Waals surface area (Å²) in [5.74, 6) is 0.247. The maximum absolute atomic E-state index is 13.1. The Bertz CT molecular complexity index is 700. The van der Waals surface area contributed by atoms with E-state index in [9.17, 15) is 9.18 Å². The molecule has 0 aliphatic rings. The van der Waals surface area contributed by atoms with Gasteiger partial charge in [0.2, 0.25) is 5.91 Å². The minimum Gasteiger partial charge on any atom is -0.357 e. The molecule has 2 aromatic rings. The predicted octanol–water partition coefficient (Wildman–Crippen LogP) is 1.54. The van der Waals surface area contributed by atoms with Gasteiger partial charge in [0.25, 0.3) is 0 Å². The highest BCUT2D eigenvalue weighted by molar-refractivity contribution is 5.80. The SMILES string of the molecule is CCNC(=NCCNC(=O)Cc1cccc(F)c1)NCCn1cccc1. The van der Waals surface area contributed by atoms with E-state index in [0.29, 0.717) is 18.7 Å². The van der Waals surface area contributed by atoms with Crippen LogP contribution in [0.2, 0.25) is 0 Å². The first-order chi connectivity index (χ1) is 12.7. The number of halogens is 1. The molecule has 3 N–H and O–H groups in total. The molecular formula is C19H26FN5O. The normalized spacial score (nSPS) is 11.2. The first-order valence-corrected chi connectivity index (χ1v) is 8.81. The Morgan fingerprint density at radius 1 is 1.12 bits per heavy atom. The molecule has 26 heavy (non-hydrogen) atoms. The monoisotopic (exact) mass is 359 g/mol. The molecule has 0 fully saturated rings. The molecule has 1 aromatic carbocycles. The largest absolute Gasteiger partial charge is 0.357 e. The van der Waals surface area contributed by atoms with E-state index in [0.717, 1.165) is 25.6 Å². The van der Waals surface area contributed by atoms with Gasteiger partial charge >= 0.3 is 0 Å². The van der Waals surface area contributed by atoms with Crippen LogP contribution in [-0.4, -0.2) is 42.6 Å². The van der Waals surface area contributed by atoms with Gasteiger partial charge in [0.1, 0.15) is 5.82 Å². The van der Waals surface area contributed by atoms with E-state index >= 15 is 0 Å². The van der Waals surface area contributed by atoms with Crippen molar-refractivity contribution in [3.8, 4) is 0 Å². The molecule has 0 saturated heterocycles. The number of hydrogen-bond acceptors (Lipinski definition) is 2. The van der Waals surface area contributed by atoms with Gasteiger partial charge in [0.15, 0.2) is 5.96 Å². The number of benzene rings is 1. The zero-order valence-electron chi connectivity index (χ0n) is 15.0. The summed E-state index contributed by atoms with van der Waals surface area (Å²) < 4.78 is 15.2. The Morgan fingerprint density at radius 2 is 1.92 bits per heavy atom. The van der Waals surface area contributed by atoms with Crippen molar-refractivity contribution in [1.29, 1.82) is 0 Å². The Kier molecular flexibility index (Phi) is 8.18. The van der Waals surface area contributed by atoms with Crippen LogP contribution in [0.1, 0.15) is 12.5 Å². The molecule has 0 aliphatic carbocycles. The molecule has 0 atom stereocenters. The highest BCUT2D eigenvalue weighted by atomic mass is 19.1. The summed E-state index contributed by atoms with van der Waals surface area (Å²) in [6, 6.07) is 10.1. The third-order valence-electron chi connectivity index (χ3n) is 3.63. The number of carbonyl (C=O) groups is 1. The molecule has 1 heterocycles. The topological polar surface area (TPSA) is 70.4 Å². The highest BCUT2D eigenvalue weighted by Crippen LogP contribution is 2.03. The van der Waals surface area contributed by atoms with Gasteiger partial charge < -0.3 is 20.5 Å². The number of aliphatic imine (C=N–C) groups is 1. The van der Waals surface area contributed by atoms with Crippen LogP contribution in [0.3, 0.4) is 0 Å². The number of nitrogens with one attached hydrogen (secondary N) is 3. The van der Waals surface area contributed by atoms with Gasteiger partial charge in [-0.1, -0.05) is 12.1 Å². The van der Waals surface area contributed by atoms with Crippen molar-refractivity contribution >= 4 is 11.9 Å². The fourth-order valence-corrected chi connectivity index (χ4v) is 2.42.